The van der Waals surface area contributed by atoms with Gasteiger partial charge in [-0.25, -0.2) is 9.69 Å². The van der Waals surface area contributed by atoms with Gasteiger partial charge in [0.15, 0.2) is 6.67 Å². The van der Waals surface area contributed by atoms with Crippen molar-refractivity contribution in [2.75, 3.05) is 19.8 Å². The predicted octanol–water partition coefficient (Wildman–Crippen LogP) is 0.369. The van der Waals surface area contributed by atoms with Crippen molar-refractivity contribution in [3.8, 4) is 0 Å². The average molecular weight is 268 g/mol. The molecule has 2 fully saturated rings. The van der Waals surface area contributed by atoms with E-state index in [0.29, 0.717) is 12.6 Å². The zero-order valence-corrected chi connectivity index (χ0v) is 12.3. The topological polar surface area (TPSA) is 53.9 Å². The Labute approximate surface area is 115 Å². The Bertz CT molecular complexity index is 358. The molecule has 2 N–H and O–H groups in total. The van der Waals surface area contributed by atoms with Crippen molar-refractivity contribution < 1.29 is 14.5 Å². The zero-order valence-electron chi connectivity index (χ0n) is 12.3. The van der Waals surface area contributed by atoms with E-state index in [1.165, 1.54) is 9.80 Å². The van der Waals surface area contributed by atoms with Crippen LogP contribution in [0, 0.1) is 5.92 Å². The lowest BCUT2D eigenvalue weighted by Gasteiger charge is -2.33. The van der Waals surface area contributed by atoms with E-state index in [2.05, 4.69) is 26.1 Å². The van der Waals surface area contributed by atoms with E-state index in [4.69, 9.17) is 0 Å². The van der Waals surface area contributed by atoms with Crippen LogP contribution in [0.1, 0.15) is 46.5 Å². The third kappa shape index (κ3) is 2.61. The van der Waals surface area contributed by atoms with Gasteiger partial charge >= 0.3 is 6.03 Å². The molecule has 0 aromatic heterocycles. The third-order valence-corrected chi connectivity index (χ3v) is 4.76. The highest BCUT2D eigenvalue weighted by molar-refractivity contribution is 6.06. The second kappa shape index (κ2) is 5.49. The van der Waals surface area contributed by atoms with Crippen LogP contribution in [0.25, 0.3) is 0 Å². The maximum absolute atomic E-state index is 12.6. The number of urea groups is 1. The fourth-order valence-corrected chi connectivity index (χ4v) is 3.11. The maximum Gasteiger partial charge on any atom is 0.329 e. The van der Waals surface area contributed by atoms with Crippen LogP contribution < -0.4 is 10.2 Å². The lowest BCUT2D eigenvalue weighted by Crippen LogP contribution is -3.13. The number of amides is 3. The van der Waals surface area contributed by atoms with E-state index in [9.17, 15) is 9.59 Å². The molecule has 5 heteroatoms. The summed E-state index contributed by atoms with van der Waals surface area (Å²) in [5.74, 6) is 0.668. The van der Waals surface area contributed by atoms with Crippen LogP contribution in [-0.2, 0) is 4.79 Å². The van der Waals surface area contributed by atoms with Crippen molar-refractivity contribution in [3.63, 3.8) is 0 Å². The van der Waals surface area contributed by atoms with Crippen LogP contribution in [0.2, 0.25) is 0 Å². The molecule has 5 nitrogen and oxygen atoms in total. The summed E-state index contributed by atoms with van der Waals surface area (Å²) < 4.78 is 0. The molecule has 1 spiro atoms. The van der Waals surface area contributed by atoms with Gasteiger partial charge in [-0.05, 0) is 45.4 Å². The van der Waals surface area contributed by atoms with E-state index < -0.39 is 5.54 Å². The minimum Gasteiger partial charge on any atom is -0.323 e. The smallest absolute Gasteiger partial charge is 0.323 e. The number of hydrogen-bond acceptors (Lipinski definition) is 2. The lowest BCUT2D eigenvalue weighted by atomic mass is 9.77. The number of nitrogens with one attached hydrogen (secondary N) is 2. The number of imide groups is 1. The highest BCUT2D eigenvalue weighted by Crippen LogP contribution is 2.35. The molecule has 2 rings (SSSR count). The monoisotopic (exact) mass is 268 g/mol. The number of nitrogens with zero attached hydrogens (tertiary/aromatic N) is 1. The van der Waals surface area contributed by atoms with Crippen molar-refractivity contribution in [2.24, 2.45) is 5.92 Å². The molecule has 0 atom stereocenters. The average Bonchev–Trinajstić information content (AvgIpc) is 2.63. The Hall–Kier alpha value is -1.10. The normalized spacial score (nSPS) is 31.4. The van der Waals surface area contributed by atoms with Crippen molar-refractivity contribution in [1.82, 2.24) is 10.2 Å². The molecule has 19 heavy (non-hydrogen) atoms. The van der Waals surface area contributed by atoms with Crippen LogP contribution >= 0.6 is 0 Å². The van der Waals surface area contributed by atoms with Crippen LogP contribution in [0.3, 0.4) is 0 Å². The molecule has 2 aliphatic rings. The molecule has 0 aromatic rings. The number of quaternary nitrogens is 1. The van der Waals surface area contributed by atoms with E-state index in [-0.39, 0.29) is 11.9 Å². The molecule has 3 amide bonds. The summed E-state index contributed by atoms with van der Waals surface area (Å²) >= 11 is 0. The van der Waals surface area contributed by atoms with Crippen molar-refractivity contribution in [2.45, 2.75) is 52.0 Å². The highest BCUT2D eigenvalue weighted by Gasteiger charge is 2.52. The second-order valence-electron chi connectivity index (χ2n) is 6.04. The fraction of sp³-hybridized carbons (Fsp3) is 0.857. The van der Waals surface area contributed by atoms with E-state index in [1.807, 2.05) is 0 Å². The Morgan fingerprint density at radius 2 is 1.84 bits per heavy atom. The SMILES string of the molecule is CC[NH+](CC)CN1C(=O)NC2(CCC(C)CC2)C1=O. The first-order chi connectivity index (χ1) is 9.02. The van der Waals surface area contributed by atoms with Crippen molar-refractivity contribution >= 4 is 11.9 Å². The molecule has 0 unspecified atom stereocenters. The molecule has 1 heterocycles. The van der Waals surface area contributed by atoms with Crippen molar-refractivity contribution in [1.29, 1.82) is 0 Å². The number of hydrogen-bond donors (Lipinski definition) is 2. The summed E-state index contributed by atoms with van der Waals surface area (Å²) in [7, 11) is 0. The van der Waals surface area contributed by atoms with Crippen LogP contribution in [-0.4, -0.2) is 42.1 Å². The molecular weight excluding hydrogens is 242 g/mol. The standard InChI is InChI=1S/C14H25N3O2/c1-4-16(5-2)10-17-12(18)14(15-13(17)19)8-6-11(3)7-9-14/h11H,4-10H2,1-3H3,(H,15,19)/p+1. The molecule has 1 saturated heterocycles. The first kappa shape index (κ1) is 14.3. The molecule has 1 aliphatic carbocycles. The minimum absolute atomic E-state index is 0.00352. The third-order valence-electron chi connectivity index (χ3n) is 4.76. The Kier molecular flexibility index (Phi) is 4.13. The quantitative estimate of drug-likeness (QED) is 0.724. The summed E-state index contributed by atoms with van der Waals surface area (Å²) in [6.45, 7) is 8.72. The van der Waals surface area contributed by atoms with Crippen LogP contribution in [0.4, 0.5) is 4.79 Å². The summed E-state index contributed by atoms with van der Waals surface area (Å²) in [6.07, 6.45) is 3.64. The van der Waals surface area contributed by atoms with E-state index in [0.717, 1.165) is 38.8 Å². The van der Waals surface area contributed by atoms with Gasteiger partial charge in [0.25, 0.3) is 5.91 Å². The van der Waals surface area contributed by atoms with Gasteiger partial charge in [-0.1, -0.05) is 6.92 Å². The fourth-order valence-electron chi connectivity index (χ4n) is 3.11. The number of carbonyl (C=O) groups is 2. The summed E-state index contributed by atoms with van der Waals surface area (Å²) in [6, 6.07) is -0.195. The van der Waals surface area contributed by atoms with Gasteiger partial charge < -0.3 is 10.2 Å². The summed E-state index contributed by atoms with van der Waals surface area (Å²) in [4.78, 5) is 27.4. The maximum atomic E-state index is 12.6. The Morgan fingerprint density at radius 3 is 2.37 bits per heavy atom. The van der Waals surface area contributed by atoms with Gasteiger partial charge in [0.1, 0.15) is 5.54 Å². The molecule has 0 aromatic carbocycles. The Morgan fingerprint density at radius 1 is 1.26 bits per heavy atom. The molecule has 0 radical (unpaired) electrons. The van der Waals surface area contributed by atoms with Gasteiger partial charge in [-0.2, -0.15) is 0 Å². The second-order valence-corrected chi connectivity index (χ2v) is 6.04. The molecule has 1 aliphatic heterocycles. The highest BCUT2D eigenvalue weighted by atomic mass is 16.2. The van der Waals surface area contributed by atoms with Crippen LogP contribution in [0.5, 0.6) is 0 Å². The van der Waals surface area contributed by atoms with Gasteiger partial charge in [0, 0.05) is 0 Å². The first-order valence-corrected chi connectivity index (χ1v) is 7.50. The van der Waals surface area contributed by atoms with Gasteiger partial charge in [-0.3, -0.25) is 4.79 Å². The number of carbonyl (C=O) groups excluding carboxylic acids is 2. The Balaban J connectivity index is 2.08. The van der Waals surface area contributed by atoms with Gasteiger partial charge in [0.2, 0.25) is 0 Å². The van der Waals surface area contributed by atoms with E-state index in [1.54, 1.807) is 0 Å². The van der Waals surface area contributed by atoms with Gasteiger partial charge in [0.05, 0.1) is 13.1 Å². The zero-order chi connectivity index (χ0) is 14.0. The lowest BCUT2D eigenvalue weighted by molar-refractivity contribution is -0.903. The summed E-state index contributed by atoms with van der Waals surface area (Å²) in [5.41, 5.74) is -0.587. The molecule has 108 valence electrons. The molecule has 0 bridgehead atoms. The molecular formula is C14H26N3O2+. The van der Waals surface area contributed by atoms with Crippen molar-refractivity contribution in [3.05, 3.63) is 0 Å². The minimum atomic E-state index is -0.587. The summed E-state index contributed by atoms with van der Waals surface area (Å²) in [5, 5.41) is 2.97. The largest absolute Gasteiger partial charge is 0.329 e. The van der Waals surface area contributed by atoms with Gasteiger partial charge in [-0.15, -0.1) is 0 Å². The molecule has 1 saturated carbocycles. The predicted molar refractivity (Wildman–Crippen MR) is 72.7 cm³/mol. The number of rotatable bonds is 4. The van der Waals surface area contributed by atoms with E-state index >= 15 is 0 Å². The van der Waals surface area contributed by atoms with Crippen LogP contribution in [0.15, 0.2) is 0 Å². The first-order valence-electron chi connectivity index (χ1n) is 7.50.